The predicted octanol–water partition coefficient (Wildman–Crippen LogP) is 3.34. The maximum absolute atomic E-state index is 12.7. The average Bonchev–Trinajstić information content (AvgIpc) is 2.55. The summed E-state index contributed by atoms with van der Waals surface area (Å²) in [5, 5.41) is 0.705. The number of benzene rings is 1. The number of hydrogen-bond donors (Lipinski definition) is 0. The second-order valence-corrected chi connectivity index (χ2v) is 5.85. The van der Waals surface area contributed by atoms with Gasteiger partial charge >= 0.3 is 0 Å². The minimum Gasteiger partial charge on any atom is -0.489 e. The van der Waals surface area contributed by atoms with Crippen molar-refractivity contribution in [2.45, 2.75) is 13.3 Å². The second-order valence-electron chi connectivity index (χ2n) is 5.41. The zero-order valence-corrected chi connectivity index (χ0v) is 13.1. The first-order chi connectivity index (χ1) is 10.6. The molecule has 1 amide bonds. The number of anilines is 1. The zero-order valence-electron chi connectivity index (χ0n) is 12.3. The number of pyridine rings is 1. The van der Waals surface area contributed by atoms with E-state index in [0.717, 1.165) is 11.3 Å². The average molecular weight is 317 g/mol. The number of nitrogens with zero attached hydrogens (tertiary/aromatic N) is 2. The van der Waals surface area contributed by atoms with Gasteiger partial charge in [0.2, 0.25) is 5.91 Å². The Kier molecular flexibility index (Phi) is 4.29. The number of hydrogen-bond acceptors (Lipinski definition) is 3. The molecule has 0 saturated heterocycles. The van der Waals surface area contributed by atoms with Gasteiger partial charge in [0, 0.05) is 23.2 Å². The minimum absolute atomic E-state index is 0.0903. The third-order valence-electron chi connectivity index (χ3n) is 3.77. The molecule has 22 heavy (non-hydrogen) atoms. The molecule has 1 aromatic carbocycles. The number of carbonyl (C=O) groups is 1. The molecule has 114 valence electrons. The van der Waals surface area contributed by atoms with E-state index in [1.54, 1.807) is 23.4 Å². The van der Waals surface area contributed by atoms with Crippen LogP contribution in [-0.2, 0) is 11.2 Å². The summed E-state index contributed by atoms with van der Waals surface area (Å²) < 4.78 is 5.57. The fraction of sp³-hybridized carbons (Fsp3) is 0.294. The number of aromatic nitrogens is 1. The molecule has 4 nitrogen and oxygen atoms in total. The monoisotopic (exact) mass is 316 g/mol. The van der Waals surface area contributed by atoms with Crippen LogP contribution in [0.3, 0.4) is 0 Å². The first kappa shape index (κ1) is 14.9. The van der Waals surface area contributed by atoms with Crippen molar-refractivity contribution in [1.82, 2.24) is 4.98 Å². The Morgan fingerprint density at radius 1 is 1.36 bits per heavy atom. The first-order valence-corrected chi connectivity index (χ1v) is 7.65. The molecule has 3 rings (SSSR count). The van der Waals surface area contributed by atoms with Gasteiger partial charge in [-0.25, -0.2) is 0 Å². The molecule has 0 aliphatic carbocycles. The highest BCUT2D eigenvalue weighted by atomic mass is 35.5. The summed E-state index contributed by atoms with van der Waals surface area (Å²) in [6, 6.07) is 9.41. The second kappa shape index (κ2) is 6.36. The number of rotatable bonds is 3. The maximum atomic E-state index is 12.7. The van der Waals surface area contributed by atoms with Crippen molar-refractivity contribution in [1.29, 1.82) is 0 Å². The van der Waals surface area contributed by atoms with Gasteiger partial charge in [0.05, 0.1) is 12.7 Å². The number of ether oxygens (including phenoxy) is 1. The van der Waals surface area contributed by atoms with Crippen LogP contribution in [0.25, 0.3) is 0 Å². The Balaban J connectivity index is 1.75. The molecule has 0 radical (unpaired) electrons. The molecule has 0 bridgehead atoms. The van der Waals surface area contributed by atoms with Crippen molar-refractivity contribution in [2.24, 2.45) is 5.92 Å². The van der Waals surface area contributed by atoms with E-state index in [9.17, 15) is 4.79 Å². The van der Waals surface area contributed by atoms with Crippen molar-refractivity contribution < 1.29 is 9.53 Å². The molecule has 1 aliphatic rings. The highest BCUT2D eigenvalue weighted by molar-refractivity contribution is 6.30. The van der Waals surface area contributed by atoms with E-state index < -0.39 is 0 Å². The van der Waals surface area contributed by atoms with Gasteiger partial charge in [-0.3, -0.25) is 9.78 Å². The fourth-order valence-corrected chi connectivity index (χ4v) is 2.75. The number of amides is 1. The minimum atomic E-state index is -0.118. The topological polar surface area (TPSA) is 42.4 Å². The summed E-state index contributed by atoms with van der Waals surface area (Å²) in [6.45, 7) is 3.02. The molecule has 1 atom stereocenters. The Bertz CT molecular complexity index is 673. The molecule has 0 N–H and O–H groups in total. The van der Waals surface area contributed by atoms with Gasteiger partial charge in [0.1, 0.15) is 18.0 Å². The van der Waals surface area contributed by atoms with Gasteiger partial charge in [0.25, 0.3) is 0 Å². The van der Waals surface area contributed by atoms with Crippen molar-refractivity contribution >= 4 is 23.2 Å². The third-order valence-corrected chi connectivity index (χ3v) is 4.02. The van der Waals surface area contributed by atoms with Crippen LogP contribution in [0.15, 0.2) is 42.7 Å². The Morgan fingerprint density at radius 3 is 2.91 bits per heavy atom. The Labute approximate surface area is 134 Å². The van der Waals surface area contributed by atoms with Crippen LogP contribution in [-0.4, -0.2) is 24.0 Å². The Morgan fingerprint density at radius 2 is 2.14 bits per heavy atom. The summed E-state index contributed by atoms with van der Waals surface area (Å²) in [5.74, 6) is 0.688. The van der Waals surface area contributed by atoms with Crippen molar-refractivity contribution in [3.05, 3.63) is 53.3 Å². The van der Waals surface area contributed by atoms with Crippen LogP contribution in [0.4, 0.5) is 5.69 Å². The van der Waals surface area contributed by atoms with Crippen LogP contribution in [0.1, 0.15) is 12.5 Å². The van der Waals surface area contributed by atoms with Gasteiger partial charge < -0.3 is 9.64 Å². The van der Waals surface area contributed by atoms with Gasteiger partial charge in [-0.1, -0.05) is 30.7 Å². The van der Waals surface area contributed by atoms with Crippen molar-refractivity contribution in [2.75, 3.05) is 18.1 Å². The lowest BCUT2D eigenvalue weighted by Gasteiger charge is -2.31. The molecular weight excluding hydrogens is 300 g/mol. The summed E-state index contributed by atoms with van der Waals surface area (Å²) >= 11 is 5.89. The van der Waals surface area contributed by atoms with Gasteiger partial charge in [-0.2, -0.15) is 0 Å². The number of halogens is 1. The Hall–Kier alpha value is -2.07. The van der Waals surface area contributed by atoms with E-state index in [0.29, 0.717) is 30.3 Å². The molecule has 1 aliphatic heterocycles. The molecule has 5 heteroatoms. The fourth-order valence-electron chi connectivity index (χ4n) is 2.62. The van der Waals surface area contributed by atoms with Crippen LogP contribution < -0.4 is 9.64 Å². The van der Waals surface area contributed by atoms with Gasteiger partial charge in [-0.15, -0.1) is 0 Å². The normalized spacial score (nSPS) is 14.9. The van der Waals surface area contributed by atoms with E-state index in [1.807, 2.05) is 31.2 Å². The molecule has 2 aromatic rings. The molecule has 2 heterocycles. The standard InChI is InChI=1S/C17H17ClN2O2/c1-12(10-13-2-4-14(18)5-3-13)17(21)20-8-9-22-16-6-7-19-11-15(16)20/h2-7,11-12H,8-10H2,1H3/t12-/m0/s1. The van der Waals surface area contributed by atoms with Crippen LogP contribution >= 0.6 is 11.6 Å². The largest absolute Gasteiger partial charge is 0.489 e. The number of fused-ring (bicyclic) bond motifs is 1. The zero-order chi connectivity index (χ0) is 15.5. The van der Waals surface area contributed by atoms with Crippen LogP contribution in [0, 0.1) is 5.92 Å². The third kappa shape index (κ3) is 3.07. The molecule has 0 saturated carbocycles. The highest BCUT2D eigenvalue weighted by Crippen LogP contribution is 2.31. The predicted molar refractivity (Wildman–Crippen MR) is 86.4 cm³/mol. The first-order valence-electron chi connectivity index (χ1n) is 7.28. The van der Waals surface area contributed by atoms with E-state index >= 15 is 0 Å². The van der Waals surface area contributed by atoms with Gasteiger partial charge in [0.15, 0.2) is 0 Å². The van der Waals surface area contributed by atoms with Crippen molar-refractivity contribution in [3.8, 4) is 5.75 Å². The summed E-state index contributed by atoms with van der Waals surface area (Å²) in [5.41, 5.74) is 1.85. The molecule has 0 spiro atoms. The van der Waals surface area contributed by atoms with E-state index in [1.165, 1.54) is 0 Å². The van der Waals surface area contributed by atoms with Crippen LogP contribution in [0.5, 0.6) is 5.75 Å². The van der Waals surface area contributed by atoms with Crippen LogP contribution in [0.2, 0.25) is 5.02 Å². The smallest absolute Gasteiger partial charge is 0.230 e. The lowest BCUT2D eigenvalue weighted by atomic mass is 9.99. The summed E-state index contributed by atoms with van der Waals surface area (Å²) in [6.07, 6.45) is 4.04. The van der Waals surface area contributed by atoms with E-state index in [2.05, 4.69) is 4.98 Å². The SMILES string of the molecule is C[C@@H](Cc1ccc(Cl)cc1)C(=O)N1CCOc2ccncc21. The van der Waals surface area contributed by atoms with Gasteiger partial charge in [-0.05, 0) is 24.1 Å². The molecule has 1 aromatic heterocycles. The molecule has 0 unspecified atom stereocenters. The van der Waals surface area contributed by atoms with E-state index in [-0.39, 0.29) is 11.8 Å². The molecular formula is C17H17ClN2O2. The summed E-state index contributed by atoms with van der Waals surface area (Å²) in [7, 11) is 0. The summed E-state index contributed by atoms with van der Waals surface area (Å²) in [4.78, 5) is 18.6. The highest BCUT2D eigenvalue weighted by Gasteiger charge is 2.27. The lowest BCUT2D eigenvalue weighted by Crippen LogP contribution is -2.41. The maximum Gasteiger partial charge on any atom is 0.230 e. The molecule has 0 fully saturated rings. The quantitative estimate of drug-likeness (QED) is 0.872. The van der Waals surface area contributed by atoms with Crippen molar-refractivity contribution in [3.63, 3.8) is 0 Å². The van der Waals surface area contributed by atoms with E-state index in [4.69, 9.17) is 16.3 Å². The number of carbonyl (C=O) groups excluding carboxylic acids is 1. The lowest BCUT2D eigenvalue weighted by molar-refractivity contribution is -0.122.